The molecule has 0 heterocycles. The molecule has 1 aromatic carbocycles. The Morgan fingerprint density at radius 2 is 2.00 bits per heavy atom. The Hall–Kier alpha value is -1.43. The van der Waals surface area contributed by atoms with Gasteiger partial charge in [-0.3, -0.25) is 0 Å². The Labute approximate surface area is 79.6 Å². The molecule has 0 saturated heterocycles. The van der Waals surface area contributed by atoms with Crippen LogP contribution in [0.4, 0.5) is 0 Å². The van der Waals surface area contributed by atoms with Crippen molar-refractivity contribution in [2.75, 3.05) is 0 Å². The van der Waals surface area contributed by atoms with Crippen LogP contribution in [0.25, 0.3) is 6.08 Å². The molecule has 0 radical (unpaired) electrons. The standard InChI is InChI=1S/C13H13/c1-3-7-12(8-4-1)11-13-9-5-2-6-10-13/h1-5,7-9,11H,6,10H2/q+1. The average Bonchev–Trinajstić information content (AvgIpc) is 2.21. The lowest BCUT2D eigenvalue weighted by molar-refractivity contribution is 0.949. The molecule has 0 nitrogen and oxygen atoms in total. The summed E-state index contributed by atoms with van der Waals surface area (Å²) < 4.78 is 0. The monoisotopic (exact) mass is 169 g/mol. The normalized spacial score (nSPS) is 18.6. The van der Waals surface area contributed by atoms with Crippen molar-refractivity contribution in [2.24, 2.45) is 0 Å². The molecule has 0 unspecified atom stereocenters. The van der Waals surface area contributed by atoms with Gasteiger partial charge >= 0.3 is 0 Å². The first-order chi connectivity index (χ1) is 6.45. The van der Waals surface area contributed by atoms with Crippen LogP contribution in [0, 0.1) is 6.42 Å². The number of hydrogen-bond acceptors (Lipinski definition) is 0. The van der Waals surface area contributed by atoms with E-state index in [0.717, 1.165) is 0 Å². The van der Waals surface area contributed by atoms with Crippen molar-refractivity contribution in [3.63, 3.8) is 0 Å². The summed E-state index contributed by atoms with van der Waals surface area (Å²) >= 11 is 0. The zero-order valence-corrected chi connectivity index (χ0v) is 7.61. The maximum atomic E-state index is 2.25. The highest BCUT2D eigenvalue weighted by molar-refractivity contribution is 5.56. The van der Waals surface area contributed by atoms with Crippen molar-refractivity contribution < 1.29 is 0 Å². The predicted octanol–water partition coefficient (Wildman–Crippen LogP) is 3.62. The topological polar surface area (TPSA) is 0 Å². The van der Waals surface area contributed by atoms with Gasteiger partial charge in [-0.05, 0) is 11.6 Å². The third-order valence-electron chi connectivity index (χ3n) is 2.20. The van der Waals surface area contributed by atoms with E-state index in [1.54, 1.807) is 0 Å². The zero-order valence-electron chi connectivity index (χ0n) is 7.61. The third kappa shape index (κ3) is 2.25. The molecule has 0 aliphatic heterocycles. The van der Waals surface area contributed by atoms with Crippen molar-refractivity contribution in [3.05, 3.63) is 60.0 Å². The summed E-state index contributed by atoms with van der Waals surface area (Å²) in [5.74, 6) is 0. The Balaban J connectivity index is 2.20. The summed E-state index contributed by atoms with van der Waals surface area (Å²) in [6, 6.07) is 10.5. The minimum Gasteiger partial charge on any atom is -0.0622 e. The molecule has 1 aliphatic carbocycles. The van der Waals surface area contributed by atoms with E-state index in [0.29, 0.717) is 0 Å². The first-order valence-corrected chi connectivity index (χ1v) is 4.71. The molecule has 2 rings (SSSR count). The number of hydrogen-bond donors (Lipinski definition) is 0. The van der Waals surface area contributed by atoms with Crippen LogP contribution in [-0.2, 0) is 0 Å². The van der Waals surface area contributed by atoms with Crippen LogP contribution in [0.15, 0.2) is 48.1 Å². The summed E-state index contributed by atoms with van der Waals surface area (Å²) in [4.78, 5) is 0. The average molecular weight is 169 g/mol. The summed E-state index contributed by atoms with van der Waals surface area (Å²) in [5.41, 5.74) is 2.72. The van der Waals surface area contributed by atoms with E-state index in [1.165, 1.54) is 24.0 Å². The fraction of sp³-hybridized carbons (Fsp3) is 0.154. The van der Waals surface area contributed by atoms with Gasteiger partial charge in [-0.15, -0.1) is 0 Å². The first-order valence-electron chi connectivity index (χ1n) is 4.71. The van der Waals surface area contributed by atoms with E-state index in [2.05, 4.69) is 48.9 Å². The minimum absolute atomic E-state index is 1.17. The van der Waals surface area contributed by atoms with Crippen molar-refractivity contribution in [2.45, 2.75) is 12.8 Å². The van der Waals surface area contributed by atoms with E-state index >= 15 is 0 Å². The summed E-state index contributed by atoms with van der Waals surface area (Å²) in [5, 5.41) is 0. The molecule has 0 bridgehead atoms. The Bertz CT molecular complexity index is 317. The van der Waals surface area contributed by atoms with Gasteiger partial charge in [0.2, 0.25) is 0 Å². The molecule has 0 aromatic heterocycles. The van der Waals surface area contributed by atoms with Crippen LogP contribution in [0.5, 0.6) is 0 Å². The lowest BCUT2D eigenvalue weighted by atomic mass is 10.00. The van der Waals surface area contributed by atoms with Gasteiger partial charge in [0.05, 0.1) is 12.2 Å². The quantitative estimate of drug-likeness (QED) is 0.563. The SMILES string of the molecule is C1=CC(=Cc2ccccc2)CC[CH+]1. The van der Waals surface area contributed by atoms with Crippen LogP contribution in [0.3, 0.4) is 0 Å². The van der Waals surface area contributed by atoms with Crippen molar-refractivity contribution in [1.82, 2.24) is 0 Å². The van der Waals surface area contributed by atoms with E-state index in [1.807, 2.05) is 6.07 Å². The predicted molar refractivity (Wildman–Crippen MR) is 57.1 cm³/mol. The molecular formula is C13H13+. The van der Waals surface area contributed by atoms with Crippen LogP contribution < -0.4 is 0 Å². The van der Waals surface area contributed by atoms with Gasteiger partial charge in [-0.2, -0.15) is 0 Å². The summed E-state index contributed by atoms with van der Waals surface area (Å²) in [6.45, 7) is 0. The van der Waals surface area contributed by atoms with Gasteiger partial charge in [0.1, 0.15) is 0 Å². The highest BCUT2D eigenvalue weighted by Gasteiger charge is 2.05. The molecule has 0 amide bonds. The lowest BCUT2D eigenvalue weighted by Gasteiger charge is -1.99. The molecular weight excluding hydrogens is 156 g/mol. The smallest absolute Gasteiger partial charge is 0.0622 e. The molecule has 0 N–H and O–H groups in total. The van der Waals surface area contributed by atoms with E-state index in [9.17, 15) is 0 Å². The van der Waals surface area contributed by atoms with E-state index < -0.39 is 0 Å². The maximum Gasteiger partial charge on any atom is 0.0942 e. The van der Waals surface area contributed by atoms with Crippen LogP contribution in [-0.4, -0.2) is 0 Å². The molecule has 0 atom stereocenters. The van der Waals surface area contributed by atoms with Crippen LogP contribution in [0.1, 0.15) is 18.4 Å². The van der Waals surface area contributed by atoms with E-state index in [-0.39, 0.29) is 0 Å². The van der Waals surface area contributed by atoms with Crippen LogP contribution in [0.2, 0.25) is 0 Å². The molecule has 1 aliphatic rings. The molecule has 64 valence electrons. The fourth-order valence-electron chi connectivity index (χ4n) is 1.50. The third-order valence-corrected chi connectivity index (χ3v) is 2.20. The van der Waals surface area contributed by atoms with E-state index in [4.69, 9.17) is 0 Å². The number of allylic oxidation sites excluding steroid dienone is 3. The number of rotatable bonds is 1. The van der Waals surface area contributed by atoms with Gasteiger partial charge in [0.15, 0.2) is 0 Å². The second-order valence-corrected chi connectivity index (χ2v) is 3.26. The van der Waals surface area contributed by atoms with Gasteiger partial charge in [-0.25, -0.2) is 0 Å². The largest absolute Gasteiger partial charge is 0.0942 e. The second-order valence-electron chi connectivity index (χ2n) is 3.26. The van der Waals surface area contributed by atoms with Gasteiger partial charge in [0, 0.05) is 24.8 Å². The molecule has 0 fully saturated rings. The Morgan fingerprint density at radius 1 is 1.15 bits per heavy atom. The molecule has 1 aromatic rings. The summed E-state index contributed by atoms with van der Waals surface area (Å²) in [6.07, 6.45) is 11.1. The molecule has 0 spiro atoms. The fourth-order valence-corrected chi connectivity index (χ4v) is 1.50. The Kier molecular flexibility index (Phi) is 2.51. The highest BCUT2D eigenvalue weighted by Crippen LogP contribution is 2.18. The second kappa shape index (κ2) is 3.99. The first kappa shape index (κ1) is 8.18. The Morgan fingerprint density at radius 3 is 2.69 bits per heavy atom. The van der Waals surface area contributed by atoms with Gasteiger partial charge in [-0.1, -0.05) is 30.3 Å². The molecule has 0 heteroatoms. The van der Waals surface area contributed by atoms with Crippen LogP contribution >= 0.6 is 0 Å². The van der Waals surface area contributed by atoms with Gasteiger partial charge < -0.3 is 0 Å². The highest BCUT2D eigenvalue weighted by atomic mass is 14.0. The molecule has 13 heavy (non-hydrogen) atoms. The van der Waals surface area contributed by atoms with Crippen molar-refractivity contribution in [3.8, 4) is 0 Å². The lowest BCUT2D eigenvalue weighted by Crippen LogP contribution is -1.86. The van der Waals surface area contributed by atoms with Crippen molar-refractivity contribution >= 4 is 6.08 Å². The minimum atomic E-state index is 1.17. The van der Waals surface area contributed by atoms with Gasteiger partial charge in [0.25, 0.3) is 0 Å². The molecule has 0 saturated carbocycles. The van der Waals surface area contributed by atoms with Crippen molar-refractivity contribution in [1.29, 1.82) is 0 Å². The number of benzene rings is 1. The zero-order chi connectivity index (χ0) is 8.93. The summed E-state index contributed by atoms with van der Waals surface area (Å²) in [7, 11) is 0. The maximum absolute atomic E-state index is 2.25.